The van der Waals surface area contributed by atoms with Crippen LogP contribution in [0.5, 0.6) is 0 Å². The smallest absolute Gasteiger partial charge is 0.323 e. The standard InChI is InChI=1S/C13H13NO3S2/c1-2-4-14(7-12(15)16)13(17)11-6-9-8-18-5-3-10(9)19-11/h1,6H,3-5,7-8H2,(H,15,16). The molecule has 6 heteroatoms. The zero-order valence-electron chi connectivity index (χ0n) is 10.2. The van der Waals surface area contributed by atoms with Crippen LogP contribution >= 0.6 is 23.1 Å². The molecule has 0 aromatic carbocycles. The Kier molecular flexibility index (Phi) is 4.51. The zero-order chi connectivity index (χ0) is 13.8. The van der Waals surface area contributed by atoms with Crippen LogP contribution in [0.4, 0.5) is 0 Å². The van der Waals surface area contributed by atoms with Crippen molar-refractivity contribution in [1.82, 2.24) is 4.90 Å². The van der Waals surface area contributed by atoms with Crippen LogP contribution in [0.15, 0.2) is 6.07 Å². The summed E-state index contributed by atoms with van der Waals surface area (Å²) in [6.45, 7) is -0.344. The molecule has 1 amide bonds. The molecule has 0 fully saturated rings. The number of nitrogens with zero attached hydrogens (tertiary/aromatic N) is 1. The first-order chi connectivity index (χ1) is 9.11. The topological polar surface area (TPSA) is 57.6 Å². The van der Waals surface area contributed by atoms with Gasteiger partial charge in [-0.25, -0.2) is 0 Å². The van der Waals surface area contributed by atoms with Crippen molar-refractivity contribution in [3.63, 3.8) is 0 Å². The van der Waals surface area contributed by atoms with Crippen LogP contribution in [-0.2, 0) is 17.0 Å². The molecule has 0 radical (unpaired) electrons. The molecule has 1 aromatic rings. The Labute approximate surface area is 119 Å². The summed E-state index contributed by atoms with van der Waals surface area (Å²) in [7, 11) is 0. The highest BCUT2D eigenvalue weighted by Gasteiger charge is 2.22. The molecule has 1 aliphatic rings. The van der Waals surface area contributed by atoms with Gasteiger partial charge in [0.25, 0.3) is 5.91 Å². The number of carbonyl (C=O) groups excluding carboxylic acids is 1. The maximum absolute atomic E-state index is 12.3. The fourth-order valence-electron chi connectivity index (χ4n) is 1.88. The Morgan fingerprint density at radius 2 is 2.32 bits per heavy atom. The molecule has 2 heterocycles. The molecular weight excluding hydrogens is 282 g/mol. The number of carbonyl (C=O) groups is 2. The number of hydrogen-bond acceptors (Lipinski definition) is 4. The van der Waals surface area contributed by atoms with Gasteiger partial charge in [0, 0.05) is 10.6 Å². The lowest BCUT2D eigenvalue weighted by Gasteiger charge is -2.16. The maximum atomic E-state index is 12.3. The van der Waals surface area contributed by atoms with E-state index in [1.54, 1.807) is 0 Å². The van der Waals surface area contributed by atoms with Crippen LogP contribution < -0.4 is 0 Å². The SMILES string of the molecule is C#CCN(CC(=O)O)C(=O)c1cc2c(s1)CCSC2. The number of carboxylic acids is 1. The van der Waals surface area contributed by atoms with Gasteiger partial charge >= 0.3 is 5.97 Å². The number of rotatable bonds is 4. The van der Waals surface area contributed by atoms with Crippen molar-refractivity contribution in [1.29, 1.82) is 0 Å². The second-order valence-corrected chi connectivity index (χ2v) is 6.36. The summed E-state index contributed by atoms with van der Waals surface area (Å²) in [6.07, 6.45) is 6.16. The van der Waals surface area contributed by atoms with E-state index in [1.165, 1.54) is 26.7 Å². The van der Waals surface area contributed by atoms with Gasteiger partial charge in [0.2, 0.25) is 0 Å². The molecule has 100 valence electrons. The third kappa shape index (κ3) is 3.31. The lowest BCUT2D eigenvalue weighted by atomic mass is 10.2. The Morgan fingerprint density at radius 1 is 1.53 bits per heavy atom. The number of aliphatic carboxylic acids is 1. The van der Waals surface area contributed by atoms with E-state index < -0.39 is 5.97 Å². The number of amides is 1. The molecule has 1 aromatic heterocycles. The lowest BCUT2D eigenvalue weighted by molar-refractivity contribution is -0.137. The van der Waals surface area contributed by atoms with Gasteiger partial charge in [-0.05, 0) is 23.8 Å². The van der Waals surface area contributed by atoms with E-state index in [0.717, 1.165) is 17.9 Å². The first kappa shape index (κ1) is 14.0. The van der Waals surface area contributed by atoms with Crippen molar-refractivity contribution in [3.8, 4) is 12.3 Å². The highest BCUT2D eigenvalue weighted by molar-refractivity contribution is 7.98. The van der Waals surface area contributed by atoms with E-state index in [1.807, 2.05) is 17.8 Å². The highest BCUT2D eigenvalue weighted by atomic mass is 32.2. The molecule has 0 bridgehead atoms. The lowest BCUT2D eigenvalue weighted by Crippen LogP contribution is -2.35. The summed E-state index contributed by atoms with van der Waals surface area (Å²) in [6, 6.07) is 1.87. The molecule has 0 aliphatic carbocycles. The summed E-state index contributed by atoms with van der Waals surface area (Å²) >= 11 is 3.31. The third-order valence-electron chi connectivity index (χ3n) is 2.73. The molecule has 0 saturated heterocycles. The predicted molar refractivity (Wildman–Crippen MR) is 76.6 cm³/mol. The fourth-order valence-corrected chi connectivity index (χ4v) is 4.22. The maximum Gasteiger partial charge on any atom is 0.323 e. The Balaban J connectivity index is 2.19. The predicted octanol–water partition coefficient (Wildman–Crippen LogP) is 1.70. The van der Waals surface area contributed by atoms with Crippen LogP contribution in [0.2, 0.25) is 0 Å². The van der Waals surface area contributed by atoms with Gasteiger partial charge in [0.1, 0.15) is 6.54 Å². The van der Waals surface area contributed by atoms with Crippen LogP contribution in [0.25, 0.3) is 0 Å². The Hall–Kier alpha value is -1.45. The molecule has 0 unspecified atom stereocenters. The Bertz CT molecular complexity index is 521. The number of carboxylic acid groups (broad SMARTS) is 1. The first-order valence-electron chi connectivity index (χ1n) is 5.75. The molecule has 2 rings (SSSR count). The van der Waals surface area contributed by atoms with E-state index in [0.29, 0.717) is 4.88 Å². The molecule has 0 atom stereocenters. The fraction of sp³-hybridized carbons (Fsp3) is 0.385. The molecule has 19 heavy (non-hydrogen) atoms. The molecule has 1 aliphatic heterocycles. The summed E-state index contributed by atoms with van der Waals surface area (Å²) < 4.78 is 0. The average molecular weight is 295 g/mol. The van der Waals surface area contributed by atoms with Crippen LogP contribution in [0, 0.1) is 12.3 Å². The van der Waals surface area contributed by atoms with Gasteiger partial charge in [0.15, 0.2) is 0 Å². The number of thioether (sulfide) groups is 1. The van der Waals surface area contributed by atoms with E-state index in [-0.39, 0.29) is 19.0 Å². The first-order valence-corrected chi connectivity index (χ1v) is 7.72. The second-order valence-electron chi connectivity index (χ2n) is 4.12. The van der Waals surface area contributed by atoms with Crippen molar-refractivity contribution in [2.24, 2.45) is 0 Å². The van der Waals surface area contributed by atoms with E-state index in [9.17, 15) is 9.59 Å². The minimum atomic E-state index is -1.06. The highest BCUT2D eigenvalue weighted by Crippen LogP contribution is 2.32. The van der Waals surface area contributed by atoms with Gasteiger partial charge in [0.05, 0.1) is 11.4 Å². The minimum absolute atomic E-state index is 0.0163. The summed E-state index contributed by atoms with van der Waals surface area (Å²) in [5, 5.41) is 8.81. The van der Waals surface area contributed by atoms with Crippen LogP contribution in [0.3, 0.4) is 0 Å². The van der Waals surface area contributed by atoms with Crippen molar-refractivity contribution < 1.29 is 14.7 Å². The van der Waals surface area contributed by atoms with Crippen LogP contribution in [-0.4, -0.2) is 40.7 Å². The number of hydrogen-bond donors (Lipinski definition) is 1. The van der Waals surface area contributed by atoms with Crippen molar-refractivity contribution in [3.05, 3.63) is 21.4 Å². The molecule has 4 nitrogen and oxygen atoms in total. The summed E-state index contributed by atoms with van der Waals surface area (Å²) in [5.74, 6) is 2.98. The zero-order valence-corrected chi connectivity index (χ0v) is 11.9. The van der Waals surface area contributed by atoms with Gasteiger partial charge < -0.3 is 10.0 Å². The molecular formula is C13H13NO3S2. The van der Waals surface area contributed by atoms with Gasteiger partial charge in [-0.2, -0.15) is 11.8 Å². The number of fused-ring (bicyclic) bond motifs is 1. The normalized spacial score (nSPS) is 13.4. The molecule has 0 spiro atoms. The number of thiophene rings is 1. The van der Waals surface area contributed by atoms with Crippen molar-refractivity contribution in [2.45, 2.75) is 12.2 Å². The third-order valence-corrected chi connectivity index (χ3v) is 4.97. The minimum Gasteiger partial charge on any atom is -0.480 e. The van der Waals surface area contributed by atoms with Crippen molar-refractivity contribution >= 4 is 35.0 Å². The quantitative estimate of drug-likeness (QED) is 0.859. The van der Waals surface area contributed by atoms with Gasteiger partial charge in [-0.1, -0.05) is 5.92 Å². The van der Waals surface area contributed by atoms with Crippen LogP contribution in [0.1, 0.15) is 20.1 Å². The summed E-state index contributed by atoms with van der Waals surface area (Å²) in [5.41, 5.74) is 1.19. The van der Waals surface area contributed by atoms with E-state index in [4.69, 9.17) is 11.5 Å². The van der Waals surface area contributed by atoms with Crippen molar-refractivity contribution in [2.75, 3.05) is 18.8 Å². The number of aryl methyl sites for hydroxylation is 1. The average Bonchev–Trinajstić information content (AvgIpc) is 2.80. The Morgan fingerprint density at radius 3 is 2.95 bits per heavy atom. The molecule has 0 saturated carbocycles. The monoisotopic (exact) mass is 295 g/mol. The number of terminal acetylenes is 1. The summed E-state index contributed by atoms with van der Waals surface area (Å²) in [4.78, 5) is 26.0. The largest absolute Gasteiger partial charge is 0.480 e. The van der Waals surface area contributed by atoms with E-state index >= 15 is 0 Å². The van der Waals surface area contributed by atoms with Gasteiger partial charge in [-0.15, -0.1) is 17.8 Å². The van der Waals surface area contributed by atoms with E-state index in [2.05, 4.69) is 5.92 Å². The van der Waals surface area contributed by atoms with Gasteiger partial charge in [-0.3, -0.25) is 9.59 Å². The molecule has 1 N–H and O–H groups in total. The second kappa shape index (κ2) is 6.13.